The summed E-state index contributed by atoms with van der Waals surface area (Å²) in [6.45, 7) is 7.96. The molecule has 5 heteroatoms. The summed E-state index contributed by atoms with van der Waals surface area (Å²) in [5.41, 5.74) is 1.02. The van der Waals surface area contributed by atoms with Crippen LogP contribution < -0.4 is 5.32 Å². The number of imidazole rings is 1. The number of hydrogen-bond donors (Lipinski definition) is 1. The number of hydrogen-bond acceptors (Lipinski definition) is 3. The molecule has 2 atom stereocenters. The van der Waals surface area contributed by atoms with Crippen LogP contribution in [-0.2, 0) is 17.3 Å². The number of aromatic nitrogens is 2. The Labute approximate surface area is 106 Å². The number of aryl methyl sites for hydroxylation is 2. The van der Waals surface area contributed by atoms with E-state index in [1.165, 1.54) is 0 Å². The van der Waals surface area contributed by atoms with Crippen molar-refractivity contribution in [3.8, 4) is 0 Å². The zero-order valence-electron chi connectivity index (χ0n) is 11.2. The fourth-order valence-corrected chi connectivity index (χ4v) is 2.02. The third kappa shape index (κ3) is 4.50. The van der Waals surface area contributed by atoms with Gasteiger partial charge >= 0.3 is 0 Å². The third-order valence-corrected chi connectivity index (χ3v) is 4.14. The largest absolute Gasteiger partial charge is 0.356 e. The van der Waals surface area contributed by atoms with Crippen LogP contribution in [0.2, 0.25) is 0 Å². The minimum absolute atomic E-state index is 0.233. The summed E-state index contributed by atoms with van der Waals surface area (Å²) in [7, 11) is -0.743. The van der Waals surface area contributed by atoms with Gasteiger partial charge in [0.1, 0.15) is 0 Å². The van der Waals surface area contributed by atoms with Crippen molar-refractivity contribution in [1.82, 2.24) is 9.55 Å². The quantitative estimate of drug-likeness (QED) is 0.814. The molecule has 1 N–H and O–H groups in total. The number of nitrogens with zero attached hydrogens (tertiary/aromatic N) is 2. The van der Waals surface area contributed by atoms with Crippen LogP contribution in [0.4, 0.5) is 5.95 Å². The molecule has 0 fully saturated rings. The van der Waals surface area contributed by atoms with Gasteiger partial charge in [-0.3, -0.25) is 4.21 Å². The molecule has 0 bridgehead atoms. The van der Waals surface area contributed by atoms with Gasteiger partial charge in [-0.2, -0.15) is 0 Å². The van der Waals surface area contributed by atoms with E-state index < -0.39 is 10.8 Å². The van der Waals surface area contributed by atoms with Crippen molar-refractivity contribution in [2.24, 2.45) is 0 Å². The van der Waals surface area contributed by atoms with Crippen LogP contribution in [0.1, 0.15) is 32.4 Å². The highest BCUT2D eigenvalue weighted by molar-refractivity contribution is 7.84. The molecule has 98 valence electrons. The van der Waals surface area contributed by atoms with Gasteiger partial charge in [0.2, 0.25) is 5.95 Å². The first-order valence-electron chi connectivity index (χ1n) is 6.14. The van der Waals surface area contributed by atoms with Crippen molar-refractivity contribution in [3.63, 3.8) is 0 Å². The lowest BCUT2D eigenvalue weighted by atomic mass is 10.3. The number of anilines is 1. The van der Waals surface area contributed by atoms with Crippen LogP contribution >= 0.6 is 0 Å². The van der Waals surface area contributed by atoms with E-state index >= 15 is 0 Å². The zero-order valence-corrected chi connectivity index (χ0v) is 12.0. The minimum Gasteiger partial charge on any atom is -0.356 e. The molecular formula is C12H23N3OS. The number of rotatable bonds is 7. The summed E-state index contributed by atoms with van der Waals surface area (Å²) >= 11 is 0. The molecule has 2 unspecified atom stereocenters. The Hall–Kier alpha value is -0.840. The van der Waals surface area contributed by atoms with E-state index in [-0.39, 0.29) is 5.25 Å². The van der Waals surface area contributed by atoms with Crippen molar-refractivity contribution in [2.45, 2.75) is 45.4 Å². The van der Waals surface area contributed by atoms with E-state index in [9.17, 15) is 4.21 Å². The molecule has 4 nitrogen and oxygen atoms in total. The smallest absolute Gasteiger partial charge is 0.203 e. The average Bonchev–Trinajstić information content (AvgIpc) is 2.63. The van der Waals surface area contributed by atoms with Crippen molar-refractivity contribution in [1.29, 1.82) is 0 Å². The van der Waals surface area contributed by atoms with Crippen LogP contribution in [0.3, 0.4) is 0 Å². The maximum Gasteiger partial charge on any atom is 0.203 e. The van der Waals surface area contributed by atoms with Gasteiger partial charge in [0.15, 0.2) is 0 Å². The van der Waals surface area contributed by atoms with Gasteiger partial charge in [-0.1, -0.05) is 13.8 Å². The minimum atomic E-state index is -0.743. The molecule has 1 aromatic rings. The summed E-state index contributed by atoms with van der Waals surface area (Å²) < 4.78 is 13.4. The van der Waals surface area contributed by atoms with Gasteiger partial charge in [-0.15, -0.1) is 0 Å². The first kappa shape index (κ1) is 14.2. The summed E-state index contributed by atoms with van der Waals surface area (Å²) in [5, 5.41) is 3.55. The zero-order chi connectivity index (χ0) is 12.8. The average molecular weight is 257 g/mol. The Morgan fingerprint density at radius 3 is 2.88 bits per heavy atom. The first-order chi connectivity index (χ1) is 8.04. The van der Waals surface area contributed by atoms with E-state index in [0.29, 0.717) is 0 Å². The molecule has 0 amide bonds. The van der Waals surface area contributed by atoms with Crippen LogP contribution in [0.15, 0.2) is 6.20 Å². The van der Waals surface area contributed by atoms with E-state index in [2.05, 4.69) is 21.8 Å². The molecule has 0 radical (unpaired) electrons. The van der Waals surface area contributed by atoms with Gasteiger partial charge in [-0.05, 0) is 19.8 Å². The lowest BCUT2D eigenvalue weighted by Gasteiger charge is -2.11. The van der Waals surface area contributed by atoms with Crippen molar-refractivity contribution < 1.29 is 4.21 Å². The molecule has 0 saturated carbocycles. The molecule has 0 saturated heterocycles. The summed E-state index contributed by atoms with van der Waals surface area (Å²) in [6, 6.07) is 0. The second-order valence-corrected chi connectivity index (χ2v) is 6.23. The number of nitrogens with one attached hydrogen (secondary N) is 1. The molecule has 0 aliphatic heterocycles. The Balaban J connectivity index is 2.60. The molecule has 1 rings (SSSR count). The van der Waals surface area contributed by atoms with Gasteiger partial charge in [0.05, 0.1) is 5.69 Å². The molecule has 0 aromatic carbocycles. The fourth-order valence-electron chi connectivity index (χ4n) is 1.58. The lowest BCUT2D eigenvalue weighted by Crippen LogP contribution is -2.14. The standard InChI is InChI=1S/C12H23N3OS/c1-5-7-13-12-14-10(2)9-15(12)8-6-11(3)17(4)16/h9,11H,5-8H2,1-4H3,(H,13,14). The van der Waals surface area contributed by atoms with Crippen molar-refractivity contribution >= 4 is 16.7 Å². The summed E-state index contributed by atoms with van der Waals surface area (Å²) in [5.74, 6) is 0.929. The molecular weight excluding hydrogens is 234 g/mol. The highest BCUT2D eigenvalue weighted by Crippen LogP contribution is 2.11. The SMILES string of the molecule is CCCNc1nc(C)cn1CCC(C)S(C)=O. The molecule has 1 heterocycles. The topological polar surface area (TPSA) is 46.9 Å². The lowest BCUT2D eigenvalue weighted by molar-refractivity contribution is 0.621. The Morgan fingerprint density at radius 2 is 2.29 bits per heavy atom. The van der Waals surface area contributed by atoms with Crippen molar-refractivity contribution in [2.75, 3.05) is 18.1 Å². The highest BCUT2D eigenvalue weighted by Gasteiger charge is 2.09. The highest BCUT2D eigenvalue weighted by atomic mass is 32.2. The third-order valence-electron chi connectivity index (χ3n) is 2.77. The van der Waals surface area contributed by atoms with Gasteiger partial charge in [0.25, 0.3) is 0 Å². The van der Waals surface area contributed by atoms with E-state index in [0.717, 1.165) is 37.6 Å². The maximum absolute atomic E-state index is 11.3. The van der Waals surface area contributed by atoms with Gasteiger partial charge in [0, 0.05) is 41.6 Å². The maximum atomic E-state index is 11.3. The Morgan fingerprint density at radius 1 is 1.59 bits per heavy atom. The fraction of sp³-hybridized carbons (Fsp3) is 0.750. The van der Waals surface area contributed by atoms with E-state index in [4.69, 9.17) is 0 Å². The summed E-state index contributed by atoms with van der Waals surface area (Å²) in [6.07, 6.45) is 5.81. The second-order valence-electron chi connectivity index (χ2n) is 4.42. The van der Waals surface area contributed by atoms with Crippen LogP contribution in [0.25, 0.3) is 0 Å². The second kappa shape index (κ2) is 6.79. The van der Waals surface area contributed by atoms with Crippen molar-refractivity contribution in [3.05, 3.63) is 11.9 Å². The van der Waals surface area contributed by atoms with E-state index in [1.807, 2.05) is 20.0 Å². The van der Waals surface area contributed by atoms with Crippen LogP contribution in [0.5, 0.6) is 0 Å². The predicted molar refractivity (Wildman–Crippen MR) is 73.9 cm³/mol. The molecule has 0 aliphatic carbocycles. The molecule has 0 aliphatic rings. The molecule has 17 heavy (non-hydrogen) atoms. The molecule has 0 spiro atoms. The van der Waals surface area contributed by atoms with Crippen LogP contribution in [-0.4, -0.2) is 31.8 Å². The molecule has 1 aromatic heterocycles. The first-order valence-corrected chi connectivity index (χ1v) is 7.76. The Kier molecular flexibility index (Phi) is 5.68. The van der Waals surface area contributed by atoms with Gasteiger partial charge < -0.3 is 9.88 Å². The Bertz CT molecular complexity index is 376. The van der Waals surface area contributed by atoms with E-state index in [1.54, 1.807) is 6.26 Å². The van der Waals surface area contributed by atoms with Gasteiger partial charge in [-0.25, -0.2) is 4.98 Å². The van der Waals surface area contributed by atoms with Crippen LogP contribution in [0, 0.1) is 6.92 Å². The monoisotopic (exact) mass is 257 g/mol. The predicted octanol–water partition coefficient (Wildman–Crippen LogP) is 2.17. The summed E-state index contributed by atoms with van der Waals surface area (Å²) in [4.78, 5) is 4.45. The normalized spacial score (nSPS) is 14.6.